The predicted molar refractivity (Wildman–Crippen MR) is 82.8 cm³/mol. The van der Waals surface area contributed by atoms with Gasteiger partial charge < -0.3 is 4.74 Å². The van der Waals surface area contributed by atoms with Gasteiger partial charge in [-0.25, -0.2) is 9.87 Å². The molecule has 0 bridgehead atoms. The van der Waals surface area contributed by atoms with Crippen LogP contribution in [-0.2, 0) is 17.7 Å². The highest BCUT2D eigenvalue weighted by molar-refractivity contribution is 5.93. The highest BCUT2D eigenvalue weighted by Gasteiger charge is 2.37. The van der Waals surface area contributed by atoms with Crippen LogP contribution in [0, 0.1) is 11.7 Å². The van der Waals surface area contributed by atoms with Crippen LogP contribution in [0.25, 0.3) is 0 Å². The Kier molecular flexibility index (Phi) is 4.94. The van der Waals surface area contributed by atoms with E-state index in [2.05, 4.69) is 4.90 Å². The van der Waals surface area contributed by atoms with Crippen molar-refractivity contribution in [2.75, 3.05) is 20.3 Å². The summed E-state index contributed by atoms with van der Waals surface area (Å²) >= 11 is 0. The second-order valence-corrected chi connectivity index (χ2v) is 6.44. The summed E-state index contributed by atoms with van der Waals surface area (Å²) in [6.45, 7) is 2.25. The molecule has 1 aliphatic carbocycles. The number of carbonyl (C=O) groups is 1. The van der Waals surface area contributed by atoms with E-state index < -0.39 is 5.91 Å². The number of rotatable bonds is 5. The van der Waals surface area contributed by atoms with E-state index in [4.69, 9.17) is 9.94 Å². The number of hydroxylamine groups is 1. The van der Waals surface area contributed by atoms with E-state index in [0.29, 0.717) is 24.1 Å². The summed E-state index contributed by atoms with van der Waals surface area (Å²) in [5.74, 6) is -0.398. The molecule has 6 heteroatoms. The van der Waals surface area contributed by atoms with Crippen LogP contribution < -0.4 is 5.48 Å². The lowest BCUT2D eigenvalue weighted by molar-refractivity contribution is 0.0308. The third-order valence-corrected chi connectivity index (χ3v) is 5.22. The average molecular weight is 322 g/mol. The Morgan fingerprint density at radius 3 is 2.96 bits per heavy atom. The Labute approximate surface area is 135 Å². The molecule has 1 unspecified atom stereocenters. The maximum absolute atomic E-state index is 14.4. The Balaban J connectivity index is 1.72. The Bertz CT molecular complexity index is 593. The number of hydrogen-bond donors (Lipinski definition) is 2. The van der Waals surface area contributed by atoms with Crippen LogP contribution in [0.3, 0.4) is 0 Å². The van der Waals surface area contributed by atoms with Gasteiger partial charge in [0, 0.05) is 44.0 Å². The highest BCUT2D eigenvalue weighted by atomic mass is 19.1. The first-order valence-corrected chi connectivity index (χ1v) is 8.12. The van der Waals surface area contributed by atoms with Crippen molar-refractivity contribution in [2.24, 2.45) is 5.92 Å². The first-order valence-electron chi connectivity index (χ1n) is 8.12. The van der Waals surface area contributed by atoms with Gasteiger partial charge in [0.25, 0.3) is 5.91 Å². The van der Waals surface area contributed by atoms with Crippen molar-refractivity contribution >= 4 is 5.91 Å². The molecule has 1 aromatic rings. The normalized spacial score (nSPS) is 24.0. The lowest BCUT2D eigenvalue weighted by Gasteiger charge is -2.46. The minimum absolute atomic E-state index is 0.166. The predicted octanol–water partition coefficient (Wildman–Crippen LogP) is 2.12. The number of fused-ring (bicyclic) bond motifs is 1. The Hall–Kier alpha value is -1.50. The van der Waals surface area contributed by atoms with Gasteiger partial charge in [-0.05, 0) is 49.3 Å². The summed E-state index contributed by atoms with van der Waals surface area (Å²) in [4.78, 5) is 13.8. The summed E-state index contributed by atoms with van der Waals surface area (Å²) in [5.41, 5.74) is 3.28. The van der Waals surface area contributed by atoms with Crippen molar-refractivity contribution in [1.82, 2.24) is 10.4 Å². The van der Waals surface area contributed by atoms with Crippen LogP contribution in [-0.4, -0.2) is 42.3 Å². The molecule has 2 atom stereocenters. The molecule has 2 aliphatic rings. The smallest absolute Gasteiger partial charge is 0.274 e. The number of amides is 1. The lowest BCUT2D eigenvalue weighted by atomic mass is 9.75. The quantitative estimate of drug-likeness (QED) is 0.644. The molecule has 3 rings (SSSR count). The second-order valence-electron chi connectivity index (χ2n) is 6.44. The van der Waals surface area contributed by atoms with Crippen molar-refractivity contribution in [2.45, 2.75) is 38.3 Å². The van der Waals surface area contributed by atoms with Crippen molar-refractivity contribution in [1.29, 1.82) is 0 Å². The van der Waals surface area contributed by atoms with E-state index in [-0.39, 0.29) is 11.4 Å². The lowest BCUT2D eigenvalue weighted by Crippen LogP contribution is -2.49. The largest absolute Gasteiger partial charge is 0.385 e. The molecule has 1 aliphatic heterocycles. The molecule has 0 radical (unpaired) electrons. The zero-order chi connectivity index (χ0) is 16.4. The molecule has 0 saturated heterocycles. The summed E-state index contributed by atoms with van der Waals surface area (Å²) < 4.78 is 19.5. The SMILES string of the molecule is COCCC1CC[C@H]1N1CCc2cc(C(=O)NO)cc(F)c2C1. The van der Waals surface area contributed by atoms with E-state index in [9.17, 15) is 9.18 Å². The molecule has 0 aromatic heterocycles. The molecule has 0 spiro atoms. The standard InChI is InChI=1S/C17H23FN2O3/c1-23-7-5-11-2-3-16(11)20-6-4-12-8-13(17(21)19-22)9-15(18)14(12)10-20/h8-9,11,16,22H,2-7,10H2,1H3,(H,19,21)/t11?,16-/m1/s1. The van der Waals surface area contributed by atoms with Gasteiger partial charge in [-0.3, -0.25) is 14.9 Å². The van der Waals surface area contributed by atoms with Gasteiger partial charge >= 0.3 is 0 Å². The molecule has 2 N–H and O–H groups in total. The number of methoxy groups -OCH3 is 1. The fourth-order valence-electron chi connectivity index (χ4n) is 3.76. The second kappa shape index (κ2) is 6.95. The van der Waals surface area contributed by atoms with Crippen molar-refractivity contribution < 1.29 is 19.1 Å². The molecule has 1 aromatic carbocycles. The van der Waals surface area contributed by atoms with E-state index in [0.717, 1.165) is 38.0 Å². The molecular weight excluding hydrogens is 299 g/mol. The van der Waals surface area contributed by atoms with Crippen molar-refractivity contribution in [3.05, 3.63) is 34.6 Å². The van der Waals surface area contributed by atoms with Gasteiger partial charge in [-0.2, -0.15) is 0 Å². The number of halogens is 1. The summed E-state index contributed by atoms with van der Waals surface area (Å²) in [5, 5.41) is 8.70. The van der Waals surface area contributed by atoms with Crippen LogP contribution in [0.4, 0.5) is 4.39 Å². The minimum atomic E-state index is -0.673. The van der Waals surface area contributed by atoms with Crippen LogP contribution in [0.2, 0.25) is 0 Å². The summed E-state index contributed by atoms with van der Waals surface area (Å²) in [6, 6.07) is 3.40. The number of nitrogens with zero attached hydrogens (tertiary/aromatic N) is 1. The van der Waals surface area contributed by atoms with Gasteiger partial charge in [0.05, 0.1) is 0 Å². The van der Waals surface area contributed by atoms with E-state index in [1.165, 1.54) is 12.5 Å². The van der Waals surface area contributed by atoms with Gasteiger partial charge in [0.2, 0.25) is 0 Å². The van der Waals surface area contributed by atoms with Crippen molar-refractivity contribution in [3.63, 3.8) is 0 Å². The fourth-order valence-corrected chi connectivity index (χ4v) is 3.76. The first kappa shape index (κ1) is 16.4. The van der Waals surface area contributed by atoms with Gasteiger partial charge in [-0.15, -0.1) is 0 Å². The van der Waals surface area contributed by atoms with Crippen LogP contribution in [0.1, 0.15) is 40.7 Å². The van der Waals surface area contributed by atoms with Crippen molar-refractivity contribution in [3.8, 4) is 0 Å². The molecule has 1 heterocycles. The zero-order valence-electron chi connectivity index (χ0n) is 13.3. The molecular formula is C17H23FN2O3. The summed E-state index contributed by atoms with van der Waals surface area (Å²) in [7, 11) is 1.72. The van der Waals surface area contributed by atoms with Crippen LogP contribution >= 0.6 is 0 Å². The summed E-state index contributed by atoms with van der Waals surface area (Å²) in [6.07, 6.45) is 4.17. The Morgan fingerprint density at radius 1 is 1.48 bits per heavy atom. The average Bonchev–Trinajstić information content (AvgIpc) is 2.53. The molecule has 1 amide bonds. The number of benzene rings is 1. The minimum Gasteiger partial charge on any atom is -0.385 e. The highest BCUT2D eigenvalue weighted by Crippen LogP contribution is 2.37. The third kappa shape index (κ3) is 3.24. The molecule has 126 valence electrons. The third-order valence-electron chi connectivity index (χ3n) is 5.22. The topological polar surface area (TPSA) is 61.8 Å². The molecule has 5 nitrogen and oxygen atoms in total. The molecule has 1 fully saturated rings. The van der Waals surface area contributed by atoms with E-state index in [1.807, 2.05) is 0 Å². The number of hydrogen-bond acceptors (Lipinski definition) is 4. The van der Waals surface area contributed by atoms with Gasteiger partial charge in [-0.1, -0.05) is 0 Å². The van der Waals surface area contributed by atoms with Crippen LogP contribution in [0.5, 0.6) is 0 Å². The monoisotopic (exact) mass is 322 g/mol. The van der Waals surface area contributed by atoms with Gasteiger partial charge in [0.15, 0.2) is 0 Å². The van der Waals surface area contributed by atoms with E-state index in [1.54, 1.807) is 18.7 Å². The number of carbonyl (C=O) groups excluding carboxylic acids is 1. The zero-order valence-corrected chi connectivity index (χ0v) is 13.3. The molecule has 1 saturated carbocycles. The number of ether oxygens (including phenoxy) is 1. The number of nitrogens with one attached hydrogen (secondary N) is 1. The Morgan fingerprint density at radius 2 is 2.30 bits per heavy atom. The van der Waals surface area contributed by atoms with E-state index >= 15 is 0 Å². The maximum Gasteiger partial charge on any atom is 0.274 e. The van der Waals surface area contributed by atoms with Gasteiger partial charge in [0.1, 0.15) is 5.82 Å². The van der Waals surface area contributed by atoms with Crippen LogP contribution in [0.15, 0.2) is 12.1 Å². The molecule has 23 heavy (non-hydrogen) atoms. The first-order chi connectivity index (χ1) is 11.1. The fraction of sp³-hybridized carbons (Fsp3) is 0.588. The maximum atomic E-state index is 14.4.